The van der Waals surface area contributed by atoms with Gasteiger partial charge < -0.3 is 5.73 Å². The molecule has 1 nitrogen and oxygen atoms in total. The lowest BCUT2D eigenvalue weighted by Gasteiger charge is -1.90. The SMILES string of the molecule is C#Cc1ccc(C#CCCN)cc1. The lowest BCUT2D eigenvalue weighted by atomic mass is 10.1. The highest BCUT2D eigenvalue weighted by Crippen LogP contribution is 2.01. The van der Waals surface area contributed by atoms with Gasteiger partial charge in [-0.3, -0.25) is 0 Å². The molecule has 64 valence electrons. The second kappa shape index (κ2) is 5.04. The molecule has 2 N–H and O–H groups in total. The standard InChI is InChI=1S/C12H11N/c1-2-11-6-8-12(9-7-11)5-3-4-10-13/h1,6-9H,4,10,13H2. The summed E-state index contributed by atoms with van der Waals surface area (Å²) in [5.41, 5.74) is 7.17. The second-order valence-corrected chi connectivity index (χ2v) is 2.56. The average Bonchev–Trinajstić information content (AvgIpc) is 2.19. The molecule has 0 heterocycles. The monoisotopic (exact) mass is 169 g/mol. The van der Waals surface area contributed by atoms with Crippen molar-refractivity contribution in [3.8, 4) is 24.2 Å². The first-order chi connectivity index (χ1) is 6.36. The summed E-state index contributed by atoms with van der Waals surface area (Å²) in [5, 5.41) is 0. The van der Waals surface area contributed by atoms with Gasteiger partial charge in [-0.1, -0.05) is 17.8 Å². The summed E-state index contributed by atoms with van der Waals surface area (Å²) >= 11 is 0. The van der Waals surface area contributed by atoms with Crippen LogP contribution in [0.4, 0.5) is 0 Å². The molecule has 0 radical (unpaired) electrons. The fraction of sp³-hybridized carbons (Fsp3) is 0.167. The highest BCUT2D eigenvalue weighted by Gasteiger charge is 1.86. The van der Waals surface area contributed by atoms with Crippen LogP contribution in [-0.2, 0) is 0 Å². The highest BCUT2D eigenvalue weighted by molar-refractivity contribution is 5.40. The van der Waals surface area contributed by atoms with E-state index in [1.165, 1.54) is 0 Å². The van der Waals surface area contributed by atoms with Gasteiger partial charge in [-0.2, -0.15) is 0 Å². The zero-order valence-corrected chi connectivity index (χ0v) is 7.38. The quantitative estimate of drug-likeness (QED) is 0.631. The van der Waals surface area contributed by atoms with E-state index in [-0.39, 0.29) is 0 Å². The Morgan fingerprint density at radius 1 is 1.15 bits per heavy atom. The van der Waals surface area contributed by atoms with E-state index in [9.17, 15) is 0 Å². The van der Waals surface area contributed by atoms with Crippen LogP contribution in [0.2, 0.25) is 0 Å². The van der Waals surface area contributed by atoms with Gasteiger partial charge in [-0.25, -0.2) is 0 Å². The minimum absolute atomic E-state index is 0.607. The van der Waals surface area contributed by atoms with Crippen molar-refractivity contribution >= 4 is 0 Å². The van der Waals surface area contributed by atoms with Crippen molar-refractivity contribution in [3.63, 3.8) is 0 Å². The van der Waals surface area contributed by atoms with Crippen LogP contribution in [0.25, 0.3) is 0 Å². The number of hydrogen-bond acceptors (Lipinski definition) is 1. The molecular formula is C12H11N. The smallest absolute Gasteiger partial charge is 0.0246 e. The maximum Gasteiger partial charge on any atom is 0.0246 e. The molecule has 1 heteroatoms. The predicted octanol–water partition coefficient (Wildman–Crippen LogP) is 1.37. The van der Waals surface area contributed by atoms with Gasteiger partial charge in [0.05, 0.1) is 0 Å². The third kappa shape index (κ3) is 3.03. The summed E-state index contributed by atoms with van der Waals surface area (Å²) < 4.78 is 0. The van der Waals surface area contributed by atoms with E-state index < -0.39 is 0 Å². The molecule has 0 aromatic heterocycles. The van der Waals surface area contributed by atoms with Gasteiger partial charge in [0.1, 0.15) is 0 Å². The first-order valence-electron chi connectivity index (χ1n) is 4.12. The van der Waals surface area contributed by atoms with Crippen LogP contribution in [-0.4, -0.2) is 6.54 Å². The Morgan fingerprint density at radius 3 is 2.31 bits per heavy atom. The van der Waals surface area contributed by atoms with Gasteiger partial charge in [-0.05, 0) is 24.3 Å². The number of nitrogens with two attached hydrogens (primary N) is 1. The van der Waals surface area contributed by atoms with Crippen molar-refractivity contribution in [1.82, 2.24) is 0 Å². The number of rotatable bonds is 1. The average molecular weight is 169 g/mol. The minimum Gasteiger partial charge on any atom is -0.330 e. The molecule has 0 saturated carbocycles. The van der Waals surface area contributed by atoms with Crippen LogP contribution < -0.4 is 5.73 Å². The topological polar surface area (TPSA) is 26.0 Å². The van der Waals surface area contributed by atoms with Crippen molar-refractivity contribution in [3.05, 3.63) is 35.4 Å². The predicted molar refractivity (Wildman–Crippen MR) is 54.9 cm³/mol. The molecule has 0 fully saturated rings. The fourth-order valence-electron chi connectivity index (χ4n) is 0.887. The molecule has 1 rings (SSSR count). The van der Waals surface area contributed by atoms with E-state index in [0.717, 1.165) is 17.5 Å². The van der Waals surface area contributed by atoms with E-state index in [4.69, 9.17) is 12.2 Å². The van der Waals surface area contributed by atoms with E-state index in [0.29, 0.717) is 6.54 Å². The molecule has 0 bridgehead atoms. The lowest BCUT2D eigenvalue weighted by Crippen LogP contribution is -1.95. The molecule has 0 atom stereocenters. The maximum absolute atomic E-state index is 5.31. The Labute approximate surface area is 79.0 Å². The number of benzene rings is 1. The summed E-state index contributed by atoms with van der Waals surface area (Å²) in [6.07, 6.45) is 5.95. The maximum atomic E-state index is 5.31. The molecule has 0 spiro atoms. The van der Waals surface area contributed by atoms with Crippen LogP contribution in [0.1, 0.15) is 17.5 Å². The van der Waals surface area contributed by atoms with Crippen molar-refractivity contribution in [2.24, 2.45) is 5.73 Å². The zero-order valence-electron chi connectivity index (χ0n) is 7.38. The molecule has 0 saturated heterocycles. The molecule has 0 amide bonds. The number of terminal acetylenes is 1. The third-order valence-corrected chi connectivity index (χ3v) is 1.55. The molecule has 1 aromatic rings. The van der Waals surface area contributed by atoms with E-state index in [1.807, 2.05) is 24.3 Å². The van der Waals surface area contributed by atoms with Crippen LogP contribution in [0.15, 0.2) is 24.3 Å². The van der Waals surface area contributed by atoms with Gasteiger partial charge in [-0.15, -0.1) is 6.42 Å². The lowest BCUT2D eigenvalue weighted by molar-refractivity contribution is 1.03. The van der Waals surface area contributed by atoms with Crippen LogP contribution >= 0.6 is 0 Å². The van der Waals surface area contributed by atoms with Crippen molar-refractivity contribution < 1.29 is 0 Å². The Kier molecular flexibility index (Phi) is 3.64. The van der Waals surface area contributed by atoms with Crippen LogP contribution in [0.3, 0.4) is 0 Å². The first kappa shape index (κ1) is 9.39. The normalized spacial score (nSPS) is 8.31. The molecule has 0 aliphatic heterocycles. The molecular weight excluding hydrogens is 158 g/mol. The van der Waals surface area contributed by atoms with Crippen molar-refractivity contribution in [2.75, 3.05) is 6.54 Å². The Morgan fingerprint density at radius 2 is 1.77 bits per heavy atom. The Bertz CT molecular complexity index is 357. The van der Waals surface area contributed by atoms with Crippen molar-refractivity contribution in [2.45, 2.75) is 6.42 Å². The fourth-order valence-corrected chi connectivity index (χ4v) is 0.887. The summed E-state index contributed by atoms with van der Waals surface area (Å²) in [6.45, 7) is 0.607. The number of hydrogen-bond donors (Lipinski definition) is 1. The summed E-state index contributed by atoms with van der Waals surface area (Å²) in [6, 6.07) is 7.59. The van der Waals surface area contributed by atoms with Gasteiger partial charge >= 0.3 is 0 Å². The first-order valence-corrected chi connectivity index (χ1v) is 4.12. The second-order valence-electron chi connectivity index (χ2n) is 2.56. The van der Waals surface area contributed by atoms with E-state index in [2.05, 4.69) is 17.8 Å². The molecule has 0 aliphatic carbocycles. The van der Waals surface area contributed by atoms with Crippen molar-refractivity contribution in [1.29, 1.82) is 0 Å². The van der Waals surface area contributed by atoms with Gasteiger partial charge in [0.15, 0.2) is 0 Å². The van der Waals surface area contributed by atoms with Gasteiger partial charge in [0.25, 0.3) is 0 Å². The molecule has 0 aliphatic rings. The third-order valence-electron chi connectivity index (χ3n) is 1.55. The minimum atomic E-state index is 0.607. The summed E-state index contributed by atoms with van der Waals surface area (Å²) in [4.78, 5) is 0. The van der Waals surface area contributed by atoms with Crippen LogP contribution in [0.5, 0.6) is 0 Å². The summed E-state index contributed by atoms with van der Waals surface area (Å²) in [7, 11) is 0. The summed E-state index contributed by atoms with van der Waals surface area (Å²) in [5.74, 6) is 8.51. The molecule has 0 unspecified atom stereocenters. The van der Waals surface area contributed by atoms with E-state index >= 15 is 0 Å². The zero-order chi connectivity index (χ0) is 9.52. The van der Waals surface area contributed by atoms with Gasteiger partial charge in [0.2, 0.25) is 0 Å². The Balaban J connectivity index is 2.72. The molecule has 13 heavy (non-hydrogen) atoms. The highest BCUT2D eigenvalue weighted by atomic mass is 14.5. The largest absolute Gasteiger partial charge is 0.330 e. The Hall–Kier alpha value is -1.70. The van der Waals surface area contributed by atoms with Gasteiger partial charge in [0, 0.05) is 24.1 Å². The van der Waals surface area contributed by atoms with Crippen LogP contribution in [0, 0.1) is 24.2 Å². The van der Waals surface area contributed by atoms with E-state index in [1.54, 1.807) is 0 Å². The molecule has 1 aromatic carbocycles.